The molecule has 0 saturated heterocycles. The van der Waals surface area contributed by atoms with Crippen molar-refractivity contribution in [3.63, 3.8) is 0 Å². The maximum atomic E-state index is 6.67. The summed E-state index contributed by atoms with van der Waals surface area (Å²) in [5.41, 5.74) is 1.80. The van der Waals surface area contributed by atoms with Crippen LogP contribution in [0.25, 0.3) is 4.85 Å². The number of hydrogen-bond donors (Lipinski definition) is 0. The topological polar surface area (TPSA) is 22.2 Å². The maximum absolute atomic E-state index is 6.67. The minimum absolute atomic E-state index is 0.318. The highest BCUT2D eigenvalue weighted by Crippen LogP contribution is 2.18. The number of rotatable bonds is 1. The second kappa shape index (κ2) is 2.93. The van der Waals surface area contributed by atoms with Crippen molar-refractivity contribution >= 4 is 11.6 Å². The second-order valence-electron chi connectivity index (χ2n) is 2.29. The van der Waals surface area contributed by atoms with Crippen molar-refractivity contribution in [3.8, 4) is 0 Å². The Hall–Kier alpha value is -1.01. The van der Waals surface area contributed by atoms with Gasteiger partial charge in [0.2, 0.25) is 6.54 Å². The molecule has 4 heteroatoms. The summed E-state index contributed by atoms with van der Waals surface area (Å²) in [7, 11) is 1.81. The van der Waals surface area contributed by atoms with Gasteiger partial charge in [0, 0.05) is 12.7 Å². The number of hydrogen-bond acceptors (Lipinski definition) is 1. The number of nitrogens with zero attached hydrogens (tertiary/aromatic N) is 3. The molecule has 0 fully saturated rings. The van der Waals surface area contributed by atoms with Crippen LogP contribution in [-0.4, -0.2) is 9.78 Å². The lowest BCUT2D eigenvalue weighted by molar-refractivity contribution is 0.739. The Bertz CT molecular complexity index is 308. The molecule has 58 valence electrons. The molecule has 1 rings (SSSR count). The molecule has 0 radical (unpaired) electrons. The Morgan fingerprint density at radius 1 is 1.73 bits per heavy atom. The van der Waals surface area contributed by atoms with E-state index in [-0.39, 0.29) is 0 Å². The van der Waals surface area contributed by atoms with Crippen molar-refractivity contribution in [3.05, 3.63) is 27.8 Å². The monoisotopic (exact) mass is 169 g/mol. The molecule has 1 aromatic rings. The highest BCUT2D eigenvalue weighted by atomic mass is 35.5. The van der Waals surface area contributed by atoms with Gasteiger partial charge in [-0.25, -0.2) is 6.57 Å². The van der Waals surface area contributed by atoms with Gasteiger partial charge in [-0.05, 0) is 6.92 Å². The average molecular weight is 170 g/mol. The molecule has 0 N–H and O–H groups in total. The lowest BCUT2D eigenvalue weighted by atomic mass is 10.3. The standard InChI is InChI=1S/C7H8ClN3/c1-5-6(4-9-2)7(8)10-11(5)3/h4H2,1,3H3. The van der Waals surface area contributed by atoms with Crippen LogP contribution in [0.3, 0.4) is 0 Å². The molecule has 3 nitrogen and oxygen atoms in total. The van der Waals surface area contributed by atoms with Gasteiger partial charge in [-0.15, -0.1) is 0 Å². The van der Waals surface area contributed by atoms with E-state index in [4.69, 9.17) is 18.2 Å². The van der Waals surface area contributed by atoms with Crippen LogP contribution in [0.4, 0.5) is 0 Å². The zero-order chi connectivity index (χ0) is 8.43. The summed E-state index contributed by atoms with van der Waals surface area (Å²) in [5, 5.41) is 4.41. The van der Waals surface area contributed by atoms with Crippen LogP contribution >= 0.6 is 11.6 Å². The molecule has 0 atom stereocenters. The van der Waals surface area contributed by atoms with Crippen molar-refractivity contribution < 1.29 is 0 Å². The minimum Gasteiger partial charge on any atom is -0.312 e. The Kier molecular flexibility index (Phi) is 2.16. The lowest BCUT2D eigenvalue weighted by Gasteiger charge is -1.91. The fourth-order valence-corrected chi connectivity index (χ4v) is 1.18. The summed E-state index contributed by atoms with van der Waals surface area (Å²) in [6, 6.07) is 0. The summed E-state index contributed by atoms with van der Waals surface area (Å²) >= 11 is 5.75. The molecule has 0 saturated carbocycles. The van der Waals surface area contributed by atoms with Crippen molar-refractivity contribution in [2.24, 2.45) is 7.05 Å². The van der Waals surface area contributed by atoms with E-state index in [0.29, 0.717) is 11.7 Å². The highest BCUT2D eigenvalue weighted by molar-refractivity contribution is 6.30. The number of aromatic nitrogens is 2. The fraction of sp³-hybridized carbons (Fsp3) is 0.429. The predicted molar refractivity (Wildman–Crippen MR) is 43.3 cm³/mol. The van der Waals surface area contributed by atoms with E-state index < -0.39 is 0 Å². The van der Waals surface area contributed by atoms with E-state index in [2.05, 4.69) is 9.94 Å². The van der Waals surface area contributed by atoms with Crippen molar-refractivity contribution in [1.29, 1.82) is 0 Å². The first-order valence-electron chi connectivity index (χ1n) is 3.18. The minimum atomic E-state index is 0.318. The molecule has 0 spiro atoms. The Morgan fingerprint density at radius 3 is 2.73 bits per heavy atom. The third-order valence-corrected chi connectivity index (χ3v) is 1.95. The first-order chi connectivity index (χ1) is 5.16. The first-order valence-corrected chi connectivity index (χ1v) is 3.55. The second-order valence-corrected chi connectivity index (χ2v) is 2.65. The van der Waals surface area contributed by atoms with Gasteiger partial charge in [0.15, 0.2) is 5.15 Å². The van der Waals surface area contributed by atoms with Gasteiger partial charge in [0.25, 0.3) is 0 Å². The molecule has 0 unspecified atom stereocenters. The summed E-state index contributed by atoms with van der Waals surface area (Å²) < 4.78 is 1.68. The van der Waals surface area contributed by atoms with E-state index in [1.807, 2.05) is 14.0 Å². The quantitative estimate of drug-likeness (QED) is 0.588. The van der Waals surface area contributed by atoms with Gasteiger partial charge in [-0.1, -0.05) is 11.6 Å². The molecule has 1 heterocycles. The zero-order valence-corrected chi connectivity index (χ0v) is 7.18. The third-order valence-electron chi connectivity index (χ3n) is 1.65. The predicted octanol–water partition coefficient (Wildman–Crippen LogP) is 1.80. The van der Waals surface area contributed by atoms with Crippen molar-refractivity contribution in [2.75, 3.05) is 0 Å². The van der Waals surface area contributed by atoms with Crippen LogP contribution in [0, 0.1) is 13.5 Å². The Labute approximate surface area is 70.4 Å². The lowest BCUT2D eigenvalue weighted by Crippen LogP contribution is -1.93. The largest absolute Gasteiger partial charge is 0.312 e. The van der Waals surface area contributed by atoms with E-state index >= 15 is 0 Å². The third kappa shape index (κ3) is 1.36. The van der Waals surface area contributed by atoms with Crippen LogP contribution < -0.4 is 0 Å². The normalized spacial score (nSPS) is 9.64. The summed E-state index contributed by atoms with van der Waals surface area (Å²) in [5.74, 6) is 0. The smallest absolute Gasteiger partial charge is 0.244 e. The van der Waals surface area contributed by atoms with Crippen LogP contribution in [0.5, 0.6) is 0 Å². The Morgan fingerprint density at radius 2 is 2.36 bits per heavy atom. The number of halogens is 1. The first kappa shape index (κ1) is 8.09. The molecule has 0 aliphatic heterocycles. The molecule has 0 bridgehead atoms. The van der Waals surface area contributed by atoms with E-state index in [1.54, 1.807) is 4.68 Å². The van der Waals surface area contributed by atoms with E-state index in [0.717, 1.165) is 11.3 Å². The molecular weight excluding hydrogens is 162 g/mol. The average Bonchev–Trinajstić information content (AvgIpc) is 2.17. The Balaban J connectivity index is 3.14. The van der Waals surface area contributed by atoms with Gasteiger partial charge >= 0.3 is 0 Å². The highest BCUT2D eigenvalue weighted by Gasteiger charge is 2.12. The molecular formula is C7H8ClN3. The van der Waals surface area contributed by atoms with Crippen LogP contribution in [0.15, 0.2) is 0 Å². The van der Waals surface area contributed by atoms with E-state index in [9.17, 15) is 0 Å². The van der Waals surface area contributed by atoms with Gasteiger partial charge in [0.1, 0.15) is 0 Å². The summed E-state index contributed by atoms with van der Waals surface area (Å²) in [6.07, 6.45) is 0. The summed E-state index contributed by atoms with van der Waals surface area (Å²) in [6.45, 7) is 8.89. The van der Waals surface area contributed by atoms with Crippen LogP contribution in [0.1, 0.15) is 11.3 Å². The van der Waals surface area contributed by atoms with Gasteiger partial charge in [-0.3, -0.25) is 4.68 Å². The zero-order valence-electron chi connectivity index (χ0n) is 6.43. The SMILES string of the molecule is [C-]#[N+]Cc1c(Cl)nn(C)c1C. The van der Waals surface area contributed by atoms with Crippen LogP contribution in [0.2, 0.25) is 5.15 Å². The fourth-order valence-electron chi connectivity index (χ4n) is 0.870. The van der Waals surface area contributed by atoms with Crippen molar-refractivity contribution in [1.82, 2.24) is 9.78 Å². The van der Waals surface area contributed by atoms with Crippen LogP contribution in [-0.2, 0) is 13.6 Å². The molecule has 0 amide bonds. The molecule has 11 heavy (non-hydrogen) atoms. The van der Waals surface area contributed by atoms with Crippen molar-refractivity contribution in [2.45, 2.75) is 13.5 Å². The van der Waals surface area contributed by atoms with Gasteiger partial charge in [-0.2, -0.15) is 5.10 Å². The molecule has 0 aliphatic rings. The molecule has 1 aromatic heterocycles. The van der Waals surface area contributed by atoms with Gasteiger partial charge in [0.05, 0.1) is 5.56 Å². The molecule has 0 aliphatic carbocycles. The van der Waals surface area contributed by atoms with E-state index in [1.165, 1.54) is 0 Å². The van der Waals surface area contributed by atoms with Gasteiger partial charge < -0.3 is 4.85 Å². The molecule has 0 aromatic carbocycles. The summed E-state index contributed by atoms with van der Waals surface area (Å²) in [4.78, 5) is 3.25. The maximum Gasteiger partial charge on any atom is 0.244 e. The number of aryl methyl sites for hydroxylation is 1.